The lowest BCUT2D eigenvalue weighted by atomic mass is 10.1. The summed E-state index contributed by atoms with van der Waals surface area (Å²) in [6.07, 6.45) is 1.34. The lowest BCUT2D eigenvalue weighted by molar-refractivity contribution is -0.0882. The van der Waals surface area contributed by atoms with Crippen molar-refractivity contribution >= 4 is 0 Å². The van der Waals surface area contributed by atoms with Gasteiger partial charge in [0, 0.05) is 20.6 Å². The van der Waals surface area contributed by atoms with Crippen LogP contribution >= 0.6 is 0 Å². The van der Waals surface area contributed by atoms with E-state index in [1.54, 1.807) is 23.3 Å². The number of hydrazine groups is 1. The molecule has 0 saturated heterocycles. The summed E-state index contributed by atoms with van der Waals surface area (Å²) in [7, 11) is 5.39. The SMILES string of the molecule is CN(CC1=CC(C(F)(F)F)=CC=CC1)C1N=NN(C)N1C. The number of halogens is 3. The minimum atomic E-state index is -4.33. The average Bonchev–Trinajstić information content (AvgIpc) is 2.62. The number of likely N-dealkylation sites (N-methyl/N-ethyl adjacent to an activating group) is 1. The number of hydrogen-bond acceptors (Lipinski definition) is 5. The molecule has 0 aromatic rings. The summed E-state index contributed by atoms with van der Waals surface area (Å²) in [5.41, 5.74) is 0.0612. The predicted molar refractivity (Wildman–Crippen MR) is 72.8 cm³/mol. The molecular weight excluding hydrogens is 283 g/mol. The number of rotatable bonds is 3. The normalized spacial score (nSPS) is 23.6. The van der Waals surface area contributed by atoms with E-state index in [4.69, 9.17) is 0 Å². The second-order valence-electron chi connectivity index (χ2n) is 5.08. The first-order valence-corrected chi connectivity index (χ1v) is 6.50. The Bertz CT molecular complexity index is 506. The molecule has 0 radical (unpaired) electrons. The Labute approximate surface area is 121 Å². The Kier molecular flexibility index (Phi) is 4.48. The molecule has 2 aliphatic rings. The van der Waals surface area contributed by atoms with Gasteiger partial charge in [-0.25, -0.2) is 5.12 Å². The van der Waals surface area contributed by atoms with Crippen LogP contribution in [0.2, 0.25) is 0 Å². The van der Waals surface area contributed by atoms with Crippen LogP contribution in [0.4, 0.5) is 13.2 Å². The Morgan fingerprint density at radius 2 is 2.10 bits per heavy atom. The van der Waals surface area contributed by atoms with Crippen molar-refractivity contribution in [2.24, 2.45) is 10.3 Å². The first-order chi connectivity index (χ1) is 9.79. The van der Waals surface area contributed by atoms with Crippen molar-refractivity contribution in [2.45, 2.75) is 18.9 Å². The minimum Gasteiger partial charge on any atom is -0.266 e. The van der Waals surface area contributed by atoms with Crippen LogP contribution in [0.15, 0.2) is 45.8 Å². The van der Waals surface area contributed by atoms with Crippen LogP contribution < -0.4 is 0 Å². The third-order valence-corrected chi connectivity index (χ3v) is 3.40. The summed E-state index contributed by atoms with van der Waals surface area (Å²) in [4.78, 5) is 1.85. The van der Waals surface area contributed by atoms with Gasteiger partial charge in [-0.2, -0.15) is 18.2 Å². The van der Waals surface area contributed by atoms with Gasteiger partial charge in [-0.15, -0.1) is 5.11 Å². The van der Waals surface area contributed by atoms with E-state index >= 15 is 0 Å². The van der Waals surface area contributed by atoms with Crippen LogP contribution in [0, 0.1) is 0 Å². The zero-order valence-electron chi connectivity index (χ0n) is 12.2. The van der Waals surface area contributed by atoms with E-state index in [9.17, 15) is 13.2 Å². The number of nitrogens with zero attached hydrogens (tertiary/aromatic N) is 5. The molecule has 0 fully saturated rings. The maximum Gasteiger partial charge on any atom is 0.416 e. The van der Waals surface area contributed by atoms with E-state index in [0.29, 0.717) is 18.5 Å². The molecule has 1 atom stereocenters. The van der Waals surface area contributed by atoms with E-state index in [0.717, 1.165) is 6.08 Å². The van der Waals surface area contributed by atoms with Gasteiger partial charge in [0.15, 0.2) is 6.29 Å². The largest absolute Gasteiger partial charge is 0.416 e. The van der Waals surface area contributed by atoms with E-state index in [1.165, 1.54) is 12.2 Å². The van der Waals surface area contributed by atoms with Crippen molar-refractivity contribution in [2.75, 3.05) is 27.7 Å². The van der Waals surface area contributed by atoms with Crippen molar-refractivity contribution in [1.29, 1.82) is 0 Å². The third kappa shape index (κ3) is 3.70. The van der Waals surface area contributed by atoms with Gasteiger partial charge in [0.05, 0.1) is 5.57 Å². The highest BCUT2D eigenvalue weighted by Gasteiger charge is 2.33. The molecule has 5 nitrogen and oxygen atoms in total. The second-order valence-corrected chi connectivity index (χ2v) is 5.08. The van der Waals surface area contributed by atoms with Crippen LogP contribution in [0.5, 0.6) is 0 Å². The van der Waals surface area contributed by atoms with Gasteiger partial charge >= 0.3 is 6.18 Å². The van der Waals surface area contributed by atoms with Crippen molar-refractivity contribution in [1.82, 2.24) is 15.0 Å². The van der Waals surface area contributed by atoms with Gasteiger partial charge in [-0.1, -0.05) is 29.0 Å². The van der Waals surface area contributed by atoms with Crippen LogP contribution in [-0.4, -0.2) is 55.2 Å². The topological polar surface area (TPSA) is 34.4 Å². The first kappa shape index (κ1) is 15.7. The minimum absolute atomic E-state index is 0.304. The Morgan fingerprint density at radius 3 is 2.67 bits per heavy atom. The van der Waals surface area contributed by atoms with Gasteiger partial charge in [0.25, 0.3) is 0 Å². The fourth-order valence-electron chi connectivity index (χ4n) is 2.19. The highest BCUT2D eigenvalue weighted by Crippen LogP contribution is 2.29. The molecule has 0 aromatic carbocycles. The lowest BCUT2D eigenvalue weighted by Crippen LogP contribution is -2.45. The summed E-state index contributed by atoms with van der Waals surface area (Å²) in [5.74, 6) is 0. The number of hydrogen-bond donors (Lipinski definition) is 0. The van der Waals surface area contributed by atoms with Crippen LogP contribution in [0.1, 0.15) is 6.42 Å². The fraction of sp³-hybridized carbons (Fsp3) is 0.538. The molecule has 0 N–H and O–H groups in total. The van der Waals surface area contributed by atoms with E-state index in [-0.39, 0.29) is 6.29 Å². The fourth-order valence-corrected chi connectivity index (χ4v) is 2.19. The van der Waals surface area contributed by atoms with E-state index in [1.807, 2.05) is 19.0 Å². The molecule has 8 heteroatoms. The Morgan fingerprint density at radius 1 is 1.38 bits per heavy atom. The molecule has 0 amide bonds. The van der Waals surface area contributed by atoms with Crippen molar-refractivity contribution in [3.63, 3.8) is 0 Å². The van der Waals surface area contributed by atoms with Crippen molar-refractivity contribution in [3.05, 3.63) is 35.5 Å². The monoisotopic (exact) mass is 301 g/mol. The highest BCUT2D eigenvalue weighted by molar-refractivity contribution is 5.35. The maximum atomic E-state index is 12.8. The molecule has 0 spiro atoms. The standard InChI is InChI=1S/C13H18F3N5/c1-19(12-17-18-21(3)20(12)2)9-10-6-4-5-7-11(8-10)13(14,15)16/h4-5,7-8,12H,6,9H2,1-3H3. The van der Waals surface area contributed by atoms with Crippen LogP contribution in [0.25, 0.3) is 0 Å². The van der Waals surface area contributed by atoms with Gasteiger partial charge in [-0.05, 0) is 19.5 Å². The van der Waals surface area contributed by atoms with Crippen molar-refractivity contribution in [3.8, 4) is 0 Å². The maximum absolute atomic E-state index is 12.8. The Balaban J connectivity index is 2.09. The van der Waals surface area contributed by atoms with Gasteiger partial charge in [0.1, 0.15) is 0 Å². The molecule has 1 aliphatic heterocycles. The smallest absolute Gasteiger partial charge is 0.266 e. The Hall–Kier alpha value is -1.67. The zero-order valence-corrected chi connectivity index (χ0v) is 12.2. The third-order valence-electron chi connectivity index (χ3n) is 3.40. The molecule has 2 rings (SSSR count). The van der Waals surface area contributed by atoms with Gasteiger partial charge < -0.3 is 0 Å². The second kappa shape index (κ2) is 5.98. The number of alkyl halides is 3. The van der Waals surface area contributed by atoms with Crippen molar-refractivity contribution < 1.29 is 13.2 Å². The molecule has 116 valence electrons. The molecular formula is C13H18F3N5. The van der Waals surface area contributed by atoms with E-state index in [2.05, 4.69) is 10.3 Å². The molecule has 0 aromatic heterocycles. The van der Waals surface area contributed by atoms with Gasteiger partial charge in [0.2, 0.25) is 0 Å². The van der Waals surface area contributed by atoms with E-state index < -0.39 is 11.7 Å². The summed E-state index contributed by atoms with van der Waals surface area (Å²) in [6, 6.07) is 0. The van der Waals surface area contributed by atoms with Gasteiger partial charge in [-0.3, -0.25) is 4.90 Å². The average molecular weight is 301 g/mol. The molecule has 1 aliphatic carbocycles. The predicted octanol–water partition coefficient (Wildman–Crippen LogP) is 2.74. The molecule has 1 heterocycles. The highest BCUT2D eigenvalue weighted by atomic mass is 19.4. The molecule has 1 unspecified atom stereocenters. The van der Waals surface area contributed by atoms with Crippen LogP contribution in [0.3, 0.4) is 0 Å². The zero-order chi connectivity index (χ0) is 15.6. The summed E-state index contributed by atoms with van der Waals surface area (Å²) in [5, 5.41) is 11.4. The quantitative estimate of drug-likeness (QED) is 0.804. The summed E-state index contributed by atoms with van der Waals surface area (Å²) in [6.45, 7) is 0.389. The molecule has 21 heavy (non-hydrogen) atoms. The number of allylic oxidation sites excluding steroid dienone is 5. The van der Waals surface area contributed by atoms with Crippen LogP contribution in [-0.2, 0) is 0 Å². The summed E-state index contributed by atoms with van der Waals surface area (Å²) < 4.78 is 38.5. The lowest BCUT2D eigenvalue weighted by Gasteiger charge is -2.29. The molecule has 0 saturated carbocycles. The molecule has 0 bridgehead atoms. The first-order valence-electron chi connectivity index (χ1n) is 6.50. The summed E-state index contributed by atoms with van der Waals surface area (Å²) >= 11 is 0.